The number of carbonyl (C=O) groups excluding carboxylic acids is 1. The molecule has 0 aromatic rings. The topological polar surface area (TPSA) is 81.1 Å². The van der Waals surface area contributed by atoms with Gasteiger partial charge in [-0.25, -0.2) is 4.79 Å². The molecule has 3 atom stereocenters. The molecule has 0 saturated carbocycles. The molecule has 2 N–H and O–H groups in total. The number of rotatable bonds is 4. The van der Waals surface area contributed by atoms with Gasteiger partial charge >= 0.3 is 12.0 Å². The molecular formula is C14H24N2O4. The summed E-state index contributed by atoms with van der Waals surface area (Å²) in [7, 11) is 0. The van der Waals surface area contributed by atoms with E-state index in [2.05, 4.69) is 0 Å². The minimum absolute atomic E-state index is 0.0694. The van der Waals surface area contributed by atoms with E-state index >= 15 is 0 Å². The highest BCUT2D eigenvalue weighted by Crippen LogP contribution is 2.36. The molecule has 20 heavy (non-hydrogen) atoms. The Labute approximate surface area is 119 Å². The molecule has 2 aliphatic rings. The smallest absolute Gasteiger partial charge is 0.320 e. The molecule has 3 unspecified atom stereocenters. The third kappa shape index (κ3) is 2.90. The predicted octanol–water partition coefficient (Wildman–Crippen LogP) is 1.14. The molecule has 0 aliphatic carbocycles. The van der Waals surface area contributed by atoms with Crippen LogP contribution >= 0.6 is 0 Å². The van der Waals surface area contributed by atoms with Crippen LogP contribution in [0.25, 0.3) is 0 Å². The van der Waals surface area contributed by atoms with Crippen LogP contribution in [0.4, 0.5) is 4.79 Å². The van der Waals surface area contributed by atoms with Crippen molar-refractivity contribution in [3.63, 3.8) is 0 Å². The molecule has 2 amide bonds. The quantitative estimate of drug-likeness (QED) is 0.811. The van der Waals surface area contributed by atoms with E-state index < -0.39 is 11.9 Å². The second-order valence-electron chi connectivity index (χ2n) is 5.98. The molecule has 2 fully saturated rings. The number of aliphatic hydroxyl groups is 1. The van der Waals surface area contributed by atoms with Gasteiger partial charge < -0.3 is 20.0 Å². The third-order valence-electron chi connectivity index (χ3n) is 4.50. The van der Waals surface area contributed by atoms with Crippen molar-refractivity contribution in [2.24, 2.45) is 5.92 Å². The molecule has 2 heterocycles. The third-order valence-corrected chi connectivity index (χ3v) is 4.50. The van der Waals surface area contributed by atoms with Crippen LogP contribution in [0.5, 0.6) is 0 Å². The van der Waals surface area contributed by atoms with Gasteiger partial charge in [-0.15, -0.1) is 0 Å². The Morgan fingerprint density at radius 3 is 2.30 bits per heavy atom. The molecule has 6 nitrogen and oxygen atoms in total. The molecule has 0 aromatic carbocycles. The number of piperidine rings is 1. The molecule has 2 aliphatic heterocycles. The van der Waals surface area contributed by atoms with Gasteiger partial charge in [-0.3, -0.25) is 4.79 Å². The fraction of sp³-hybridized carbons (Fsp3) is 0.857. The highest BCUT2D eigenvalue weighted by molar-refractivity contribution is 5.77. The van der Waals surface area contributed by atoms with Gasteiger partial charge in [0.15, 0.2) is 0 Å². The molecule has 0 radical (unpaired) electrons. The zero-order chi connectivity index (χ0) is 14.9. The molecule has 2 saturated heterocycles. The van der Waals surface area contributed by atoms with Crippen LogP contribution in [0, 0.1) is 5.92 Å². The first kappa shape index (κ1) is 15.1. The predicted molar refractivity (Wildman–Crippen MR) is 73.3 cm³/mol. The van der Waals surface area contributed by atoms with E-state index in [1.165, 1.54) is 0 Å². The van der Waals surface area contributed by atoms with Crippen LogP contribution in [0.1, 0.15) is 39.5 Å². The zero-order valence-corrected chi connectivity index (χ0v) is 12.2. The Balaban J connectivity index is 2.04. The second kappa shape index (κ2) is 5.99. The van der Waals surface area contributed by atoms with Gasteiger partial charge in [0.2, 0.25) is 0 Å². The minimum atomic E-state index is -0.881. The van der Waals surface area contributed by atoms with Crippen molar-refractivity contribution < 1.29 is 19.8 Å². The maximum Gasteiger partial charge on any atom is 0.320 e. The maximum atomic E-state index is 12.6. The highest BCUT2D eigenvalue weighted by atomic mass is 16.4. The Morgan fingerprint density at radius 1 is 1.30 bits per heavy atom. The Bertz CT molecular complexity index is 373. The van der Waals surface area contributed by atoms with Gasteiger partial charge in [0.1, 0.15) is 0 Å². The van der Waals surface area contributed by atoms with Crippen molar-refractivity contribution in [2.75, 3.05) is 13.1 Å². The monoisotopic (exact) mass is 284 g/mol. The van der Waals surface area contributed by atoms with Gasteiger partial charge in [0, 0.05) is 25.2 Å². The number of aliphatic hydroxyl groups excluding tert-OH is 1. The van der Waals surface area contributed by atoms with E-state index in [1.54, 1.807) is 11.8 Å². The number of carbonyl (C=O) groups is 2. The standard InChI is InChI=1S/C14H24N2O4/c1-3-15(8-9(2)13(18)19)14(20)16-10-4-5-11(16)7-12(17)6-10/h9-12,17H,3-8H2,1-2H3,(H,18,19). The lowest BCUT2D eigenvalue weighted by Crippen LogP contribution is -2.54. The summed E-state index contributed by atoms with van der Waals surface area (Å²) in [6, 6.07) is 0.163. The van der Waals surface area contributed by atoms with Crippen LogP contribution in [0.3, 0.4) is 0 Å². The average Bonchev–Trinajstić information content (AvgIpc) is 2.67. The molecule has 114 valence electrons. The van der Waals surface area contributed by atoms with Crippen LogP contribution in [0.15, 0.2) is 0 Å². The number of urea groups is 1. The second-order valence-corrected chi connectivity index (χ2v) is 5.98. The van der Waals surface area contributed by atoms with Crippen LogP contribution < -0.4 is 0 Å². The molecule has 0 spiro atoms. The number of aliphatic carboxylic acids is 1. The van der Waals surface area contributed by atoms with Crippen LogP contribution in [0.2, 0.25) is 0 Å². The van der Waals surface area contributed by atoms with E-state index in [9.17, 15) is 14.7 Å². The average molecular weight is 284 g/mol. The summed E-state index contributed by atoms with van der Waals surface area (Å²) >= 11 is 0. The zero-order valence-electron chi connectivity index (χ0n) is 12.2. The first-order chi connectivity index (χ1) is 9.43. The number of hydrogen-bond donors (Lipinski definition) is 2. The lowest BCUT2D eigenvalue weighted by Gasteiger charge is -2.40. The number of nitrogens with zero attached hydrogens (tertiary/aromatic N) is 2. The summed E-state index contributed by atoms with van der Waals surface area (Å²) in [6.45, 7) is 4.23. The first-order valence-corrected chi connectivity index (χ1v) is 7.42. The number of carboxylic acids is 1. The largest absolute Gasteiger partial charge is 0.481 e. The first-order valence-electron chi connectivity index (χ1n) is 7.42. The maximum absolute atomic E-state index is 12.6. The lowest BCUT2D eigenvalue weighted by molar-refractivity contribution is -0.141. The highest BCUT2D eigenvalue weighted by Gasteiger charge is 2.44. The van der Waals surface area contributed by atoms with Crippen molar-refractivity contribution in [3.05, 3.63) is 0 Å². The number of carboxylic acid groups (broad SMARTS) is 1. The normalized spacial score (nSPS) is 30.1. The van der Waals surface area contributed by atoms with Crippen LogP contribution in [-0.4, -0.2) is 63.3 Å². The summed E-state index contributed by atoms with van der Waals surface area (Å²) in [6.07, 6.45) is 2.88. The summed E-state index contributed by atoms with van der Waals surface area (Å²) in [5.74, 6) is -1.44. The fourth-order valence-corrected chi connectivity index (χ4v) is 3.38. The van der Waals surface area contributed by atoms with Crippen molar-refractivity contribution in [1.82, 2.24) is 9.80 Å². The number of fused-ring (bicyclic) bond motifs is 2. The SMILES string of the molecule is CCN(CC(C)C(=O)O)C(=O)N1C2CCC1CC(O)C2. The van der Waals surface area contributed by atoms with E-state index in [1.807, 2.05) is 11.8 Å². The van der Waals surface area contributed by atoms with E-state index in [4.69, 9.17) is 5.11 Å². The van der Waals surface area contributed by atoms with E-state index in [0.29, 0.717) is 19.4 Å². The van der Waals surface area contributed by atoms with E-state index in [-0.39, 0.29) is 30.8 Å². The fourth-order valence-electron chi connectivity index (χ4n) is 3.38. The molecule has 0 aromatic heterocycles. The Kier molecular flexibility index (Phi) is 4.52. The van der Waals surface area contributed by atoms with Gasteiger partial charge in [0.05, 0.1) is 12.0 Å². The van der Waals surface area contributed by atoms with Gasteiger partial charge in [-0.2, -0.15) is 0 Å². The van der Waals surface area contributed by atoms with Gasteiger partial charge in [-0.05, 0) is 32.6 Å². The molecule has 6 heteroatoms. The lowest BCUT2D eigenvalue weighted by atomic mass is 10.0. The van der Waals surface area contributed by atoms with Gasteiger partial charge in [0.25, 0.3) is 0 Å². The van der Waals surface area contributed by atoms with Crippen molar-refractivity contribution in [1.29, 1.82) is 0 Å². The Hall–Kier alpha value is -1.30. The molecule has 2 bridgehead atoms. The molecular weight excluding hydrogens is 260 g/mol. The number of hydrogen-bond acceptors (Lipinski definition) is 3. The van der Waals surface area contributed by atoms with Crippen molar-refractivity contribution in [2.45, 2.75) is 57.7 Å². The Morgan fingerprint density at radius 2 is 1.85 bits per heavy atom. The molecule has 2 rings (SSSR count). The van der Waals surface area contributed by atoms with Gasteiger partial charge in [-0.1, -0.05) is 6.92 Å². The number of amides is 2. The van der Waals surface area contributed by atoms with Crippen molar-refractivity contribution in [3.8, 4) is 0 Å². The van der Waals surface area contributed by atoms with E-state index in [0.717, 1.165) is 12.8 Å². The summed E-state index contributed by atoms with van der Waals surface area (Å²) in [5, 5.41) is 18.8. The van der Waals surface area contributed by atoms with Crippen molar-refractivity contribution >= 4 is 12.0 Å². The summed E-state index contributed by atoms with van der Waals surface area (Å²) in [4.78, 5) is 27.1. The minimum Gasteiger partial charge on any atom is -0.481 e. The summed E-state index contributed by atoms with van der Waals surface area (Å²) < 4.78 is 0. The van der Waals surface area contributed by atoms with Crippen LogP contribution in [-0.2, 0) is 4.79 Å². The summed E-state index contributed by atoms with van der Waals surface area (Å²) in [5.41, 5.74) is 0.